The third-order valence-corrected chi connectivity index (χ3v) is 1.70. The van der Waals surface area contributed by atoms with E-state index in [4.69, 9.17) is 0 Å². The number of rotatable bonds is 2. The molecule has 0 aromatic heterocycles. The number of halogens is 1. The van der Waals surface area contributed by atoms with Gasteiger partial charge in [0.05, 0.1) is 0 Å². The van der Waals surface area contributed by atoms with E-state index in [1.165, 1.54) is 6.07 Å². The molecule has 0 aliphatic carbocycles. The summed E-state index contributed by atoms with van der Waals surface area (Å²) in [6.07, 6.45) is 0. The summed E-state index contributed by atoms with van der Waals surface area (Å²) in [5.74, 6) is 0.518. The zero-order valence-corrected chi connectivity index (χ0v) is 7.10. The van der Waals surface area contributed by atoms with E-state index in [0.29, 0.717) is 5.75 Å². The number of hydrogen-bond donors (Lipinski definition) is 1. The summed E-state index contributed by atoms with van der Waals surface area (Å²) in [4.78, 5) is 0. The molecule has 0 spiro atoms. The van der Waals surface area contributed by atoms with E-state index in [2.05, 4.69) is 4.74 Å². The topological polar surface area (TPSA) is 29.5 Å². The van der Waals surface area contributed by atoms with Crippen LogP contribution in [0.3, 0.4) is 0 Å². The lowest BCUT2D eigenvalue weighted by Gasteiger charge is -2.07. The summed E-state index contributed by atoms with van der Waals surface area (Å²) in [6.45, 7) is 2.71. The quantitative estimate of drug-likeness (QED) is 0.738. The maximum atomic E-state index is 11.8. The molecular formula is C9H11FO2. The Bertz CT molecular complexity index is 284. The molecule has 0 saturated carbocycles. The van der Waals surface area contributed by atoms with Crippen molar-refractivity contribution in [2.75, 3.05) is 6.86 Å². The number of hydrogen-bond acceptors (Lipinski definition) is 2. The average Bonchev–Trinajstić information content (AvgIpc) is 2.01. The molecule has 1 aromatic carbocycles. The Labute approximate surface area is 70.6 Å². The number of phenols is 1. The molecule has 1 N–H and O–H groups in total. The highest BCUT2D eigenvalue weighted by Crippen LogP contribution is 2.26. The first-order valence-electron chi connectivity index (χ1n) is 3.64. The van der Waals surface area contributed by atoms with Crippen molar-refractivity contribution in [3.8, 4) is 11.5 Å². The van der Waals surface area contributed by atoms with Crippen LogP contribution in [-0.4, -0.2) is 12.0 Å². The van der Waals surface area contributed by atoms with Crippen LogP contribution in [0.25, 0.3) is 0 Å². The van der Waals surface area contributed by atoms with E-state index in [1.807, 2.05) is 0 Å². The maximum absolute atomic E-state index is 11.8. The predicted octanol–water partition coefficient (Wildman–Crippen LogP) is 2.31. The molecule has 0 heterocycles. The summed E-state index contributed by atoms with van der Waals surface area (Å²) < 4.78 is 16.4. The summed E-state index contributed by atoms with van der Waals surface area (Å²) in [6, 6.07) is 3.17. The van der Waals surface area contributed by atoms with E-state index >= 15 is 0 Å². The fraction of sp³-hybridized carbons (Fsp3) is 0.333. The van der Waals surface area contributed by atoms with E-state index in [-0.39, 0.29) is 5.75 Å². The molecule has 0 radical (unpaired) electrons. The van der Waals surface area contributed by atoms with Gasteiger partial charge in [-0.3, -0.25) is 0 Å². The van der Waals surface area contributed by atoms with Gasteiger partial charge in [-0.2, -0.15) is 0 Å². The second kappa shape index (κ2) is 3.43. The molecule has 66 valence electrons. The Morgan fingerprint density at radius 3 is 2.58 bits per heavy atom. The molecule has 0 saturated heterocycles. The SMILES string of the molecule is Cc1cc(C)c(OCF)cc1O. The van der Waals surface area contributed by atoms with Gasteiger partial charge >= 0.3 is 0 Å². The minimum absolute atomic E-state index is 0.129. The van der Waals surface area contributed by atoms with Gasteiger partial charge < -0.3 is 9.84 Å². The minimum atomic E-state index is -0.872. The Balaban J connectivity index is 3.05. The Morgan fingerprint density at radius 1 is 1.33 bits per heavy atom. The molecule has 0 fully saturated rings. The number of alkyl halides is 1. The number of phenolic OH excluding ortho intramolecular Hbond substituents is 1. The van der Waals surface area contributed by atoms with Crippen molar-refractivity contribution in [1.82, 2.24) is 0 Å². The molecule has 0 bridgehead atoms. The second-order valence-corrected chi connectivity index (χ2v) is 2.66. The van der Waals surface area contributed by atoms with Gasteiger partial charge in [0.15, 0.2) is 0 Å². The zero-order chi connectivity index (χ0) is 9.14. The lowest BCUT2D eigenvalue weighted by molar-refractivity contribution is 0.190. The molecular weight excluding hydrogens is 159 g/mol. The Morgan fingerprint density at radius 2 is 2.00 bits per heavy atom. The van der Waals surface area contributed by atoms with Crippen molar-refractivity contribution < 1.29 is 14.2 Å². The molecule has 0 amide bonds. The molecule has 2 nitrogen and oxygen atoms in total. The molecule has 0 aliphatic heterocycles. The fourth-order valence-electron chi connectivity index (χ4n) is 1.04. The third kappa shape index (κ3) is 1.67. The van der Waals surface area contributed by atoms with Crippen LogP contribution in [-0.2, 0) is 0 Å². The zero-order valence-electron chi connectivity index (χ0n) is 7.10. The molecule has 0 atom stereocenters. The predicted molar refractivity (Wildman–Crippen MR) is 44.2 cm³/mol. The van der Waals surface area contributed by atoms with Gasteiger partial charge in [-0.15, -0.1) is 0 Å². The van der Waals surface area contributed by atoms with Gasteiger partial charge in [0.25, 0.3) is 0 Å². The van der Waals surface area contributed by atoms with Crippen LogP contribution in [0.4, 0.5) is 4.39 Å². The standard InChI is InChI=1S/C9H11FO2/c1-6-3-7(2)9(12-5-10)4-8(6)11/h3-4,11H,5H2,1-2H3. The van der Waals surface area contributed by atoms with Gasteiger partial charge in [0.2, 0.25) is 6.86 Å². The van der Waals surface area contributed by atoms with Crippen LogP contribution in [0.1, 0.15) is 11.1 Å². The highest BCUT2D eigenvalue weighted by atomic mass is 19.1. The van der Waals surface area contributed by atoms with Gasteiger partial charge in [-0.1, -0.05) is 0 Å². The second-order valence-electron chi connectivity index (χ2n) is 2.66. The molecule has 3 heteroatoms. The molecule has 12 heavy (non-hydrogen) atoms. The highest BCUT2D eigenvalue weighted by molar-refractivity contribution is 5.44. The van der Waals surface area contributed by atoms with Crippen molar-refractivity contribution in [2.45, 2.75) is 13.8 Å². The van der Waals surface area contributed by atoms with Gasteiger partial charge in [-0.05, 0) is 31.0 Å². The monoisotopic (exact) mass is 170 g/mol. The van der Waals surface area contributed by atoms with Crippen molar-refractivity contribution in [3.63, 3.8) is 0 Å². The fourth-order valence-corrected chi connectivity index (χ4v) is 1.04. The van der Waals surface area contributed by atoms with E-state index in [1.54, 1.807) is 19.9 Å². The van der Waals surface area contributed by atoms with E-state index < -0.39 is 6.86 Å². The van der Waals surface area contributed by atoms with Crippen LogP contribution < -0.4 is 4.74 Å². The lowest BCUT2D eigenvalue weighted by atomic mass is 10.1. The molecule has 0 aliphatic rings. The summed E-state index contributed by atoms with van der Waals surface area (Å²) >= 11 is 0. The van der Waals surface area contributed by atoms with Crippen LogP contribution in [0.15, 0.2) is 12.1 Å². The third-order valence-electron chi connectivity index (χ3n) is 1.70. The van der Waals surface area contributed by atoms with E-state index in [0.717, 1.165) is 11.1 Å². The van der Waals surface area contributed by atoms with Crippen molar-refractivity contribution in [2.24, 2.45) is 0 Å². The lowest BCUT2D eigenvalue weighted by Crippen LogP contribution is -1.93. The normalized spacial score (nSPS) is 9.92. The van der Waals surface area contributed by atoms with Crippen molar-refractivity contribution in [1.29, 1.82) is 0 Å². The average molecular weight is 170 g/mol. The number of ether oxygens (including phenoxy) is 1. The van der Waals surface area contributed by atoms with E-state index in [9.17, 15) is 9.50 Å². The Kier molecular flexibility index (Phi) is 2.53. The highest BCUT2D eigenvalue weighted by Gasteiger charge is 2.03. The largest absolute Gasteiger partial charge is 0.508 e. The summed E-state index contributed by atoms with van der Waals surface area (Å²) in [7, 11) is 0. The van der Waals surface area contributed by atoms with Crippen LogP contribution in [0.5, 0.6) is 11.5 Å². The minimum Gasteiger partial charge on any atom is -0.508 e. The van der Waals surface area contributed by atoms with Gasteiger partial charge in [0, 0.05) is 6.07 Å². The first-order chi connectivity index (χ1) is 5.65. The van der Waals surface area contributed by atoms with Crippen molar-refractivity contribution in [3.05, 3.63) is 23.3 Å². The number of aromatic hydroxyl groups is 1. The van der Waals surface area contributed by atoms with Crippen LogP contribution in [0.2, 0.25) is 0 Å². The molecule has 1 rings (SSSR count). The van der Waals surface area contributed by atoms with Crippen LogP contribution >= 0.6 is 0 Å². The number of aryl methyl sites for hydroxylation is 2. The Hall–Kier alpha value is -1.25. The van der Waals surface area contributed by atoms with Gasteiger partial charge in [0.1, 0.15) is 11.5 Å². The molecule has 1 aromatic rings. The first-order valence-corrected chi connectivity index (χ1v) is 3.64. The van der Waals surface area contributed by atoms with Gasteiger partial charge in [-0.25, -0.2) is 4.39 Å². The summed E-state index contributed by atoms with van der Waals surface area (Å²) in [5, 5.41) is 9.25. The summed E-state index contributed by atoms with van der Waals surface area (Å²) in [5.41, 5.74) is 1.58. The van der Waals surface area contributed by atoms with Crippen LogP contribution in [0, 0.1) is 13.8 Å². The van der Waals surface area contributed by atoms with Crippen molar-refractivity contribution >= 4 is 0 Å². The smallest absolute Gasteiger partial charge is 0.228 e. The number of benzene rings is 1. The molecule has 0 unspecified atom stereocenters. The maximum Gasteiger partial charge on any atom is 0.228 e. The first kappa shape index (κ1) is 8.84.